The van der Waals surface area contributed by atoms with E-state index < -0.39 is 0 Å². The van der Waals surface area contributed by atoms with E-state index in [0.29, 0.717) is 41.2 Å². The van der Waals surface area contributed by atoms with E-state index in [1.54, 1.807) is 29.2 Å². The Bertz CT molecular complexity index is 938. The molecule has 26 heavy (non-hydrogen) atoms. The number of carbonyl (C=O) groups is 3. The summed E-state index contributed by atoms with van der Waals surface area (Å²) in [6.45, 7) is 4.03. The molecule has 132 valence electrons. The highest BCUT2D eigenvalue weighted by atomic mass is 32.1. The van der Waals surface area contributed by atoms with Gasteiger partial charge in [-0.2, -0.15) is 5.26 Å². The van der Waals surface area contributed by atoms with Crippen molar-refractivity contribution < 1.29 is 14.4 Å². The summed E-state index contributed by atoms with van der Waals surface area (Å²) in [6.07, 6.45) is 0.609. The Kier molecular flexibility index (Phi) is 4.87. The van der Waals surface area contributed by atoms with E-state index in [1.807, 2.05) is 0 Å². The Morgan fingerprint density at radius 1 is 1.15 bits per heavy atom. The second-order valence-corrected chi connectivity index (χ2v) is 7.20. The maximum absolute atomic E-state index is 12.5. The Morgan fingerprint density at radius 3 is 2.38 bits per heavy atom. The second kappa shape index (κ2) is 7.10. The molecule has 1 aliphatic rings. The van der Waals surface area contributed by atoms with E-state index in [2.05, 4.69) is 11.4 Å². The number of fused-ring (bicyclic) bond motifs is 1. The minimum atomic E-state index is -0.335. The number of hydrogen-bond donors (Lipinski definition) is 1. The van der Waals surface area contributed by atoms with Crippen LogP contribution in [0.25, 0.3) is 0 Å². The summed E-state index contributed by atoms with van der Waals surface area (Å²) in [4.78, 5) is 38.1. The van der Waals surface area contributed by atoms with E-state index in [9.17, 15) is 19.6 Å². The van der Waals surface area contributed by atoms with Crippen molar-refractivity contribution in [2.45, 2.75) is 26.8 Å². The predicted molar refractivity (Wildman–Crippen MR) is 98.2 cm³/mol. The fourth-order valence-electron chi connectivity index (χ4n) is 2.91. The van der Waals surface area contributed by atoms with Crippen LogP contribution in [0.3, 0.4) is 0 Å². The number of thiophene rings is 1. The summed E-state index contributed by atoms with van der Waals surface area (Å²) in [6, 6.07) is 8.56. The normalized spacial score (nSPS) is 12.9. The number of nitriles is 1. The molecular weight excluding hydrogens is 350 g/mol. The van der Waals surface area contributed by atoms with Gasteiger partial charge in [-0.05, 0) is 31.0 Å². The zero-order valence-electron chi connectivity index (χ0n) is 14.5. The number of carbonyl (C=O) groups excluding carboxylic acids is 3. The van der Waals surface area contributed by atoms with Crippen molar-refractivity contribution in [3.05, 3.63) is 51.4 Å². The van der Waals surface area contributed by atoms with Crippen molar-refractivity contribution >= 4 is 33.9 Å². The molecule has 2 amide bonds. The molecule has 0 unspecified atom stereocenters. The van der Waals surface area contributed by atoms with Crippen molar-refractivity contribution in [3.63, 3.8) is 0 Å². The van der Waals surface area contributed by atoms with Gasteiger partial charge in [-0.25, -0.2) is 0 Å². The molecule has 0 saturated carbocycles. The molecule has 0 fully saturated rings. The number of benzene rings is 1. The smallest absolute Gasteiger partial charge is 0.256 e. The molecule has 3 rings (SSSR count). The summed E-state index contributed by atoms with van der Waals surface area (Å²) in [5.41, 5.74) is 2.34. The van der Waals surface area contributed by atoms with Crippen LogP contribution in [-0.2, 0) is 17.8 Å². The highest BCUT2D eigenvalue weighted by Crippen LogP contribution is 2.36. The molecule has 0 atom stereocenters. The summed E-state index contributed by atoms with van der Waals surface area (Å²) in [5, 5.41) is 12.8. The lowest BCUT2D eigenvalue weighted by Gasteiger charge is -2.25. The van der Waals surface area contributed by atoms with E-state index >= 15 is 0 Å². The van der Waals surface area contributed by atoms with Crippen LogP contribution in [0.5, 0.6) is 0 Å². The van der Waals surface area contributed by atoms with Crippen LogP contribution in [0.1, 0.15) is 50.6 Å². The average Bonchev–Trinajstić information content (AvgIpc) is 2.97. The first kappa shape index (κ1) is 17.8. The van der Waals surface area contributed by atoms with E-state index in [-0.39, 0.29) is 17.6 Å². The Hall–Kier alpha value is -2.98. The van der Waals surface area contributed by atoms with Gasteiger partial charge >= 0.3 is 0 Å². The van der Waals surface area contributed by atoms with Crippen LogP contribution in [0.2, 0.25) is 0 Å². The van der Waals surface area contributed by atoms with Gasteiger partial charge in [0.1, 0.15) is 11.1 Å². The number of nitrogens with zero attached hydrogens (tertiary/aromatic N) is 2. The van der Waals surface area contributed by atoms with Crippen molar-refractivity contribution in [2.24, 2.45) is 0 Å². The number of ketones is 1. The summed E-state index contributed by atoms with van der Waals surface area (Å²) >= 11 is 1.34. The van der Waals surface area contributed by atoms with Crippen LogP contribution < -0.4 is 5.32 Å². The molecule has 7 heteroatoms. The molecular formula is C19H17N3O3S. The SMILES string of the molecule is CC(=O)c1ccc(C(=O)Nc2sc3c(c2C#N)CCN(C(C)=O)C3)cc1. The summed E-state index contributed by atoms with van der Waals surface area (Å²) in [7, 11) is 0. The number of amides is 2. The monoisotopic (exact) mass is 367 g/mol. The van der Waals surface area contributed by atoms with E-state index in [0.717, 1.165) is 10.4 Å². The number of nitrogens with one attached hydrogen (secondary N) is 1. The van der Waals surface area contributed by atoms with Gasteiger partial charge in [-0.3, -0.25) is 14.4 Å². The van der Waals surface area contributed by atoms with Crippen molar-refractivity contribution in [2.75, 3.05) is 11.9 Å². The lowest BCUT2D eigenvalue weighted by Crippen LogP contribution is -2.33. The molecule has 1 aromatic heterocycles. The highest BCUT2D eigenvalue weighted by Gasteiger charge is 2.26. The number of hydrogen-bond acceptors (Lipinski definition) is 5. The Morgan fingerprint density at radius 2 is 1.81 bits per heavy atom. The molecule has 0 radical (unpaired) electrons. The minimum Gasteiger partial charge on any atom is -0.337 e. The third-order valence-corrected chi connectivity index (χ3v) is 5.53. The first-order valence-electron chi connectivity index (χ1n) is 8.13. The molecule has 0 saturated heterocycles. The van der Waals surface area contributed by atoms with Gasteiger partial charge < -0.3 is 10.2 Å². The third-order valence-electron chi connectivity index (χ3n) is 4.39. The molecule has 1 aliphatic heterocycles. The molecule has 6 nitrogen and oxygen atoms in total. The third kappa shape index (κ3) is 3.37. The lowest BCUT2D eigenvalue weighted by molar-refractivity contribution is -0.129. The molecule has 1 aromatic carbocycles. The number of anilines is 1. The quantitative estimate of drug-likeness (QED) is 0.845. The largest absolute Gasteiger partial charge is 0.337 e. The zero-order chi connectivity index (χ0) is 18.8. The highest BCUT2D eigenvalue weighted by molar-refractivity contribution is 7.16. The molecule has 1 N–H and O–H groups in total. The van der Waals surface area contributed by atoms with Gasteiger partial charge in [-0.1, -0.05) is 12.1 Å². The van der Waals surface area contributed by atoms with Gasteiger partial charge in [0, 0.05) is 29.5 Å². The fraction of sp³-hybridized carbons (Fsp3) is 0.263. The van der Waals surface area contributed by atoms with Gasteiger partial charge in [0.25, 0.3) is 5.91 Å². The van der Waals surface area contributed by atoms with Crippen LogP contribution in [0.4, 0.5) is 5.00 Å². The van der Waals surface area contributed by atoms with Crippen LogP contribution in [0, 0.1) is 11.3 Å². The topological polar surface area (TPSA) is 90.3 Å². The first-order chi connectivity index (χ1) is 12.4. The summed E-state index contributed by atoms with van der Waals surface area (Å²) in [5.74, 6) is -0.401. The average molecular weight is 367 g/mol. The number of rotatable bonds is 3. The van der Waals surface area contributed by atoms with E-state index in [4.69, 9.17) is 0 Å². The Labute approximate surface area is 155 Å². The molecule has 2 heterocycles. The zero-order valence-corrected chi connectivity index (χ0v) is 15.3. The summed E-state index contributed by atoms with van der Waals surface area (Å²) < 4.78 is 0. The van der Waals surface area contributed by atoms with Crippen LogP contribution in [-0.4, -0.2) is 29.0 Å². The van der Waals surface area contributed by atoms with Gasteiger partial charge in [0.15, 0.2) is 5.78 Å². The predicted octanol–water partition coefficient (Wildman–Crippen LogP) is 2.98. The van der Waals surface area contributed by atoms with Crippen molar-refractivity contribution in [1.82, 2.24) is 4.90 Å². The van der Waals surface area contributed by atoms with Gasteiger partial charge in [0.05, 0.1) is 12.1 Å². The van der Waals surface area contributed by atoms with Crippen molar-refractivity contribution in [3.8, 4) is 6.07 Å². The van der Waals surface area contributed by atoms with E-state index in [1.165, 1.54) is 25.2 Å². The fourth-order valence-corrected chi connectivity index (χ4v) is 4.12. The second-order valence-electron chi connectivity index (χ2n) is 6.10. The molecule has 0 bridgehead atoms. The Balaban J connectivity index is 1.84. The van der Waals surface area contributed by atoms with Crippen molar-refractivity contribution in [1.29, 1.82) is 5.26 Å². The molecule has 0 aliphatic carbocycles. The standard InChI is InChI=1S/C19H17N3O3S/c1-11(23)13-3-5-14(6-4-13)18(25)21-19-16(9-20)15-7-8-22(12(2)24)10-17(15)26-19/h3-6H,7-8,10H2,1-2H3,(H,21,25). The van der Waals surface area contributed by atoms with Crippen LogP contribution >= 0.6 is 11.3 Å². The van der Waals surface area contributed by atoms with Crippen LogP contribution in [0.15, 0.2) is 24.3 Å². The van der Waals surface area contributed by atoms with Gasteiger partial charge in [0.2, 0.25) is 5.91 Å². The minimum absolute atomic E-state index is 0.00120. The molecule has 2 aromatic rings. The first-order valence-corrected chi connectivity index (χ1v) is 8.95. The number of Topliss-reactive ketones (excluding diaryl/α,β-unsaturated/α-hetero) is 1. The maximum atomic E-state index is 12.5. The maximum Gasteiger partial charge on any atom is 0.256 e. The lowest BCUT2D eigenvalue weighted by atomic mass is 10.0. The van der Waals surface area contributed by atoms with Gasteiger partial charge in [-0.15, -0.1) is 11.3 Å². The molecule has 0 spiro atoms.